The van der Waals surface area contributed by atoms with Crippen LogP contribution in [0.5, 0.6) is 0 Å². The standard InChI is InChI=1S/C10H17N3O/c1-7-9(8(2)14-12-7)6-13-5-3-4-10(13)11/h10H,3-6,11H2,1-2H3. The summed E-state index contributed by atoms with van der Waals surface area (Å²) in [4.78, 5) is 2.28. The van der Waals surface area contributed by atoms with Gasteiger partial charge in [0.25, 0.3) is 0 Å². The molecule has 2 heterocycles. The van der Waals surface area contributed by atoms with Crippen LogP contribution < -0.4 is 5.73 Å². The zero-order chi connectivity index (χ0) is 10.1. The summed E-state index contributed by atoms with van der Waals surface area (Å²) in [7, 11) is 0. The van der Waals surface area contributed by atoms with E-state index in [1.54, 1.807) is 0 Å². The average Bonchev–Trinajstić information content (AvgIpc) is 2.67. The summed E-state index contributed by atoms with van der Waals surface area (Å²) in [6.07, 6.45) is 2.51. The molecule has 1 aromatic heterocycles. The van der Waals surface area contributed by atoms with Crippen LogP contribution in [0.15, 0.2) is 4.52 Å². The third-order valence-corrected chi connectivity index (χ3v) is 2.96. The van der Waals surface area contributed by atoms with E-state index in [1.807, 2.05) is 13.8 Å². The second-order valence-electron chi connectivity index (χ2n) is 3.98. The second-order valence-corrected chi connectivity index (χ2v) is 3.98. The summed E-state index contributed by atoms with van der Waals surface area (Å²) in [5, 5.41) is 3.94. The van der Waals surface area contributed by atoms with Crippen LogP contribution in [0.4, 0.5) is 0 Å². The number of rotatable bonds is 2. The highest BCUT2D eigenvalue weighted by Crippen LogP contribution is 2.20. The van der Waals surface area contributed by atoms with E-state index in [2.05, 4.69) is 10.1 Å². The van der Waals surface area contributed by atoms with Crippen molar-refractivity contribution < 1.29 is 4.52 Å². The Kier molecular flexibility index (Phi) is 2.56. The average molecular weight is 195 g/mol. The van der Waals surface area contributed by atoms with Crippen LogP contribution in [0.2, 0.25) is 0 Å². The summed E-state index contributed by atoms with van der Waals surface area (Å²) in [6.45, 7) is 5.90. The van der Waals surface area contributed by atoms with Gasteiger partial charge in [-0.25, -0.2) is 0 Å². The topological polar surface area (TPSA) is 55.3 Å². The Hall–Kier alpha value is -0.870. The molecule has 1 unspecified atom stereocenters. The van der Waals surface area contributed by atoms with E-state index in [0.717, 1.165) is 31.0 Å². The van der Waals surface area contributed by atoms with Crippen LogP contribution in [-0.2, 0) is 6.54 Å². The molecule has 0 bridgehead atoms. The maximum atomic E-state index is 5.97. The first-order valence-electron chi connectivity index (χ1n) is 5.10. The van der Waals surface area contributed by atoms with E-state index in [-0.39, 0.29) is 6.17 Å². The third kappa shape index (κ3) is 1.67. The lowest BCUT2D eigenvalue weighted by molar-refractivity contribution is 0.248. The molecule has 1 atom stereocenters. The molecule has 78 valence electrons. The van der Waals surface area contributed by atoms with Crippen molar-refractivity contribution in [3.63, 3.8) is 0 Å². The lowest BCUT2D eigenvalue weighted by atomic mass is 10.2. The number of hydrogen-bond donors (Lipinski definition) is 1. The monoisotopic (exact) mass is 195 g/mol. The Bertz CT molecular complexity index is 302. The fourth-order valence-electron chi connectivity index (χ4n) is 1.98. The molecule has 4 nitrogen and oxygen atoms in total. The van der Waals surface area contributed by atoms with E-state index in [4.69, 9.17) is 10.3 Å². The summed E-state index contributed by atoms with van der Waals surface area (Å²) in [6, 6.07) is 0. The molecule has 0 aliphatic carbocycles. The molecule has 1 aliphatic rings. The summed E-state index contributed by atoms with van der Waals surface area (Å²) in [5.74, 6) is 0.918. The Balaban J connectivity index is 2.10. The van der Waals surface area contributed by atoms with Crippen molar-refractivity contribution in [2.75, 3.05) is 6.54 Å². The quantitative estimate of drug-likeness (QED) is 0.769. The van der Waals surface area contributed by atoms with Crippen LogP contribution in [0.3, 0.4) is 0 Å². The van der Waals surface area contributed by atoms with Gasteiger partial charge < -0.3 is 10.3 Å². The maximum Gasteiger partial charge on any atom is 0.138 e. The van der Waals surface area contributed by atoms with Gasteiger partial charge in [-0.1, -0.05) is 5.16 Å². The van der Waals surface area contributed by atoms with Crippen LogP contribution >= 0.6 is 0 Å². The van der Waals surface area contributed by atoms with E-state index < -0.39 is 0 Å². The van der Waals surface area contributed by atoms with Crippen molar-refractivity contribution in [2.24, 2.45) is 5.73 Å². The van der Waals surface area contributed by atoms with E-state index in [1.165, 1.54) is 12.0 Å². The van der Waals surface area contributed by atoms with Gasteiger partial charge in [0.05, 0.1) is 11.9 Å². The Morgan fingerprint density at radius 3 is 2.86 bits per heavy atom. The zero-order valence-corrected chi connectivity index (χ0v) is 8.79. The van der Waals surface area contributed by atoms with Crippen LogP contribution in [-0.4, -0.2) is 22.8 Å². The zero-order valence-electron chi connectivity index (χ0n) is 8.79. The highest BCUT2D eigenvalue weighted by atomic mass is 16.5. The van der Waals surface area contributed by atoms with Gasteiger partial charge in [0.15, 0.2) is 0 Å². The molecule has 0 aromatic carbocycles. The fourth-order valence-corrected chi connectivity index (χ4v) is 1.98. The molecule has 14 heavy (non-hydrogen) atoms. The largest absolute Gasteiger partial charge is 0.361 e. The highest BCUT2D eigenvalue weighted by molar-refractivity contribution is 5.20. The maximum absolute atomic E-state index is 5.97. The highest BCUT2D eigenvalue weighted by Gasteiger charge is 2.23. The number of hydrogen-bond acceptors (Lipinski definition) is 4. The van der Waals surface area contributed by atoms with Crippen LogP contribution in [0, 0.1) is 13.8 Å². The molecule has 1 saturated heterocycles. The lowest BCUT2D eigenvalue weighted by Gasteiger charge is -2.20. The first-order valence-corrected chi connectivity index (χ1v) is 5.10. The summed E-state index contributed by atoms with van der Waals surface area (Å²) >= 11 is 0. The minimum Gasteiger partial charge on any atom is -0.361 e. The van der Waals surface area contributed by atoms with Gasteiger partial charge in [0.2, 0.25) is 0 Å². The van der Waals surface area contributed by atoms with Gasteiger partial charge in [-0.15, -0.1) is 0 Å². The van der Waals surface area contributed by atoms with Crippen molar-refractivity contribution in [1.29, 1.82) is 0 Å². The van der Waals surface area contributed by atoms with E-state index in [0.29, 0.717) is 0 Å². The molecule has 1 aliphatic heterocycles. The van der Waals surface area contributed by atoms with Crippen LogP contribution in [0.25, 0.3) is 0 Å². The van der Waals surface area contributed by atoms with Crippen molar-refractivity contribution in [3.05, 3.63) is 17.0 Å². The van der Waals surface area contributed by atoms with Crippen molar-refractivity contribution >= 4 is 0 Å². The van der Waals surface area contributed by atoms with Gasteiger partial charge in [0.1, 0.15) is 5.76 Å². The Labute approximate surface area is 84.0 Å². The molecule has 2 N–H and O–H groups in total. The normalized spacial score (nSPS) is 23.2. The van der Waals surface area contributed by atoms with Gasteiger partial charge in [-0.05, 0) is 26.7 Å². The van der Waals surface area contributed by atoms with Crippen molar-refractivity contribution in [1.82, 2.24) is 10.1 Å². The molecule has 0 saturated carbocycles. The minimum atomic E-state index is 0.212. The van der Waals surface area contributed by atoms with E-state index >= 15 is 0 Å². The smallest absolute Gasteiger partial charge is 0.138 e. The first kappa shape index (κ1) is 9.68. The summed E-state index contributed by atoms with van der Waals surface area (Å²) in [5.41, 5.74) is 8.15. The number of aryl methyl sites for hydroxylation is 2. The molecule has 1 fully saturated rings. The molecule has 2 rings (SSSR count). The number of likely N-dealkylation sites (tertiary alicyclic amines) is 1. The molecule has 1 aromatic rings. The minimum absolute atomic E-state index is 0.212. The predicted molar refractivity (Wildman–Crippen MR) is 53.6 cm³/mol. The lowest BCUT2D eigenvalue weighted by Crippen LogP contribution is -2.36. The summed E-state index contributed by atoms with van der Waals surface area (Å²) < 4.78 is 5.12. The molecule has 0 spiro atoms. The van der Waals surface area contributed by atoms with Gasteiger partial charge >= 0.3 is 0 Å². The van der Waals surface area contributed by atoms with Gasteiger partial charge in [-0.2, -0.15) is 0 Å². The fraction of sp³-hybridized carbons (Fsp3) is 0.700. The van der Waals surface area contributed by atoms with Crippen molar-refractivity contribution in [3.8, 4) is 0 Å². The SMILES string of the molecule is Cc1noc(C)c1CN1CCCC1N. The molecule has 0 radical (unpaired) electrons. The Morgan fingerprint density at radius 2 is 2.36 bits per heavy atom. The van der Waals surface area contributed by atoms with Crippen LogP contribution in [0.1, 0.15) is 29.9 Å². The molecular formula is C10H17N3O. The molecule has 4 heteroatoms. The first-order chi connectivity index (χ1) is 6.68. The number of nitrogens with zero attached hydrogens (tertiary/aromatic N) is 2. The number of aromatic nitrogens is 1. The second kappa shape index (κ2) is 3.71. The number of nitrogens with two attached hydrogens (primary N) is 1. The third-order valence-electron chi connectivity index (χ3n) is 2.96. The van der Waals surface area contributed by atoms with E-state index in [9.17, 15) is 0 Å². The Morgan fingerprint density at radius 1 is 1.57 bits per heavy atom. The molecule has 0 amide bonds. The molecular weight excluding hydrogens is 178 g/mol. The van der Waals surface area contributed by atoms with Crippen molar-refractivity contribution in [2.45, 2.75) is 39.4 Å². The van der Waals surface area contributed by atoms with Gasteiger partial charge in [0, 0.05) is 18.7 Å². The van der Waals surface area contributed by atoms with Gasteiger partial charge in [-0.3, -0.25) is 4.90 Å². The predicted octanol–water partition coefficient (Wildman–Crippen LogP) is 1.17.